The monoisotopic (exact) mass is 449 g/mol. The number of amides is 1. The minimum atomic E-state index is -0.367. The summed E-state index contributed by atoms with van der Waals surface area (Å²) in [5.41, 5.74) is 2.31. The molecule has 1 amide bonds. The summed E-state index contributed by atoms with van der Waals surface area (Å²) in [4.78, 5) is 12.5. The maximum Gasteiger partial charge on any atom is 0.292 e. The van der Waals surface area contributed by atoms with Gasteiger partial charge in [0, 0.05) is 17.3 Å². The normalized spacial score (nSPS) is 10.8. The first-order valence-corrected chi connectivity index (χ1v) is 10.9. The molecular weight excluding hydrogens is 426 g/mol. The SMILES string of the molecule is CCCc1ccc(OCc2ccc(C(=O)Nc3ccn(Cc4cccc(Cl)c4)n3)o2)cc1. The van der Waals surface area contributed by atoms with E-state index in [1.54, 1.807) is 29.1 Å². The Morgan fingerprint density at radius 1 is 1.09 bits per heavy atom. The van der Waals surface area contributed by atoms with Gasteiger partial charge in [0.25, 0.3) is 5.91 Å². The molecule has 0 aliphatic carbocycles. The van der Waals surface area contributed by atoms with Crippen LogP contribution in [0.4, 0.5) is 5.82 Å². The van der Waals surface area contributed by atoms with Gasteiger partial charge in [0.2, 0.25) is 0 Å². The maximum atomic E-state index is 12.5. The number of ether oxygens (including phenoxy) is 1. The van der Waals surface area contributed by atoms with Gasteiger partial charge < -0.3 is 14.5 Å². The Hall–Kier alpha value is -3.51. The molecule has 0 saturated carbocycles. The van der Waals surface area contributed by atoms with E-state index in [9.17, 15) is 4.79 Å². The lowest BCUT2D eigenvalue weighted by atomic mass is 10.1. The van der Waals surface area contributed by atoms with E-state index in [1.807, 2.05) is 36.4 Å². The maximum absolute atomic E-state index is 12.5. The summed E-state index contributed by atoms with van der Waals surface area (Å²) in [5, 5.41) is 7.80. The number of nitrogens with zero attached hydrogens (tertiary/aromatic N) is 2. The first kappa shape index (κ1) is 21.7. The summed E-state index contributed by atoms with van der Waals surface area (Å²) in [6, 6.07) is 20.7. The molecule has 4 rings (SSSR count). The fraction of sp³-hybridized carbons (Fsp3) is 0.200. The molecule has 6 nitrogen and oxygen atoms in total. The van der Waals surface area contributed by atoms with E-state index >= 15 is 0 Å². The molecular formula is C25H24ClN3O3. The largest absolute Gasteiger partial charge is 0.486 e. The lowest BCUT2D eigenvalue weighted by Crippen LogP contribution is -2.12. The van der Waals surface area contributed by atoms with E-state index in [0.29, 0.717) is 23.1 Å². The fourth-order valence-electron chi connectivity index (χ4n) is 3.29. The quantitative estimate of drug-likeness (QED) is 0.342. The number of halogens is 1. The minimum Gasteiger partial charge on any atom is -0.486 e. The van der Waals surface area contributed by atoms with Crippen molar-refractivity contribution in [2.24, 2.45) is 0 Å². The number of aromatic nitrogens is 2. The molecule has 2 aromatic heterocycles. The van der Waals surface area contributed by atoms with Gasteiger partial charge in [-0.05, 0) is 53.9 Å². The number of carbonyl (C=O) groups is 1. The summed E-state index contributed by atoms with van der Waals surface area (Å²) >= 11 is 6.02. The number of benzene rings is 2. The summed E-state index contributed by atoms with van der Waals surface area (Å²) < 4.78 is 13.1. The van der Waals surface area contributed by atoms with Crippen molar-refractivity contribution in [2.45, 2.75) is 32.9 Å². The smallest absolute Gasteiger partial charge is 0.292 e. The number of aryl methyl sites for hydroxylation is 1. The van der Waals surface area contributed by atoms with Crippen molar-refractivity contribution in [3.05, 3.63) is 101 Å². The number of hydrogen-bond donors (Lipinski definition) is 1. The zero-order valence-corrected chi connectivity index (χ0v) is 18.5. The van der Waals surface area contributed by atoms with Gasteiger partial charge in [-0.1, -0.05) is 49.2 Å². The van der Waals surface area contributed by atoms with Crippen molar-refractivity contribution in [3.8, 4) is 5.75 Å². The number of nitrogens with one attached hydrogen (secondary N) is 1. The van der Waals surface area contributed by atoms with Crippen LogP contribution >= 0.6 is 11.6 Å². The first-order chi connectivity index (χ1) is 15.6. The number of anilines is 1. The molecule has 2 heterocycles. The molecule has 0 aliphatic heterocycles. The van der Waals surface area contributed by atoms with Crippen LogP contribution < -0.4 is 10.1 Å². The highest BCUT2D eigenvalue weighted by Gasteiger charge is 2.13. The van der Waals surface area contributed by atoms with Gasteiger partial charge in [-0.15, -0.1) is 0 Å². The van der Waals surface area contributed by atoms with Gasteiger partial charge in [-0.3, -0.25) is 9.48 Å². The summed E-state index contributed by atoms with van der Waals surface area (Å²) in [6.45, 7) is 2.95. The first-order valence-electron chi connectivity index (χ1n) is 10.5. The molecule has 7 heteroatoms. The Morgan fingerprint density at radius 2 is 1.94 bits per heavy atom. The van der Waals surface area contributed by atoms with Crippen molar-refractivity contribution in [3.63, 3.8) is 0 Å². The van der Waals surface area contributed by atoms with Gasteiger partial charge in [0.05, 0.1) is 6.54 Å². The lowest BCUT2D eigenvalue weighted by molar-refractivity contribution is 0.0992. The fourth-order valence-corrected chi connectivity index (χ4v) is 3.50. The zero-order valence-electron chi connectivity index (χ0n) is 17.8. The zero-order chi connectivity index (χ0) is 22.3. The van der Waals surface area contributed by atoms with Gasteiger partial charge in [-0.25, -0.2) is 0 Å². The summed E-state index contributed by atoms with van der Waals surface area (Å²) in [6.07, 6.45) is 3.96. The van der Waals surface area contributed by atoms with E-state index in [0.717, 1.165) is 24.2 Å². The van der Waals surface area contributed by atoms with E-state index in [1.165, 1.54) is 5.56 Å². The minimum absolute atomic E-state index is 0.200. The highest BCUT2D eigenvalue weighted by Crippen LogP contribution is 2.17. The molecule has 0 fully saturated rings. The van der Waals surface area contributed by atoms with Crippen LogP contribution in [0.2, 0.25) is 5.02 Å². The van der Waals surface area contributed by atoms with Gasteiger partial charge in [0.1, 0.15) is 18.1 Å². The third-order valence-electron chi connectivity index (χ3n) is 4.84. The number of furan rings is 1. The molecule has 0 atom stereocenters. The van der Waals surface area contributed by atoms with Gasteiger partial charge in [-0.2, -0.15) is 5.10 Å². The van der Waals surface area contributed by atoms with Crippen molar-refractivity contribution in [1.82, 2.24) is 9.78 Å². The average molecular weight is 450 g/mol. The predicted octanol–water partition coefficient (Wildman–Crippen LogP) is 5.96. The molecule has 0 saturated heterocycles. The van der Waals surface area contributed by atoms with Crippen molar-refractivity contribution in [2.75, 3.05) is 5.32 Å². The van der Waals surface area contributed by atoms with Crippen molar-refractivity contribution < 1.29 is 13.9 Å². The number of carbonyl (C=O) groups excluding carboxylic acids is 1. The Labute approximate surface area is 191 Å². The van der Waals surface area contributed by atoms with Crippen LogP contribution in [-0.4, -0.2) is 15.7 Å². The molecule has 0 spiro atoms. The van der Waals surface area contributed by atoms with E-state index in [2.05, 4.69) is 29.5 Å². The number of rotatable bonds is 9. The Bertz CT molecular complexity index is 1180. The molecule has 32 heavy (non-hydrogen) atoms. The van der Waals surface area contributed by atoms with Crippen LogP contribution in [0.25, 0.3) is 0 Å². The standard InChI is InChI=1S/C25H24ClN3O3/c1-2-4-18-7-9-21(10-8-18)31-17-22-11-12-23(32-22)25(30)27-24-13-14-29(28-24)16-19-5-3-6-20(26)15-19/h3,5-15H,2,4,16-17H2,1H3,(H,27,28,30). The van der Waals surface area contributed by atoms with Crippen LogP contribution in [0.5, 0.6) is 5.75 Å². The van der Waals surface area contributed by atoms with E-state index < -0.39 is 0 Å². The molecule has 1 N–H and O–H groups in total. The van der Waals surface area contributed by atoms with Crippen LogP contribution in [0.15, 0.2) is 77.3 Å². The second kappa shape index (κ2) is 10.2. The van der Waals surface area contributed by atoms with Gasteiger partial charge >= 0.3 is 0 Å². The van der Waals surface area contributed by atoms with Crippen LogP contribution in [0, 0.1) is 0 Å². The Balaban J connectivity index is 1.30. The third kappa shape index (κ3) is 5.80. The van der Waals surface area contributed by atoms with Crippen LogP contribution in [0.1, 0.15) is 40.8 Å². The second-order valence-electron chi connectivity index (χ2n) is 7.43. The molecule has 164 valence electrons. The predicted molar refractivity (Wildman–Crippen MR) is 124 cm³/mol. The third-order valence-corrected chi connectivity index (χ3v) is 5.08. The number of hydrogen-bond acceptors (Lipinski definition) is 4. The second-order valence-corrected chi connectivity index (χ2v) is 7.87. The van der Waals surface area contributed by atoms with Crippen LogP contribution in [0.3, 0.4) is 0 Å². The highest BCUT2D eigenvalue weighted by atomic mass is 35.5. The molecule has 0 bridgehead atoms. The van der Waals surface area contributed by atoms with Crippen LogP contribution in [-0.2, 0) is 19.6 Å². The van der Waals surface area contributed by atoms with Gasteiger partial charge in [0.15, 0.2) is 11.6 Å². The topological polar surface area (TPSA) is 69.3 Å². The van der Waals surface area contributed by atoms with E-state index in [4.69, 9.17) is 20.8 Å². The van der Waals surface area contributed by atoms with Crippen molar-refractivity contribution in [1.29, 1.82) is 0 Å². The van der Waals surface area contributed by atoms with E-state index in [-0.39, 0.29) is 18.3 Å². The molecule has 2 aromatic carbocycles. The average Bonchev–Trinajstić information content (AvgIpc) is 3.43. The molecule has 0 aliphatic rings. The lowest BCUT2D eigenvalue weighted by Gasteiger charge is -2.05. The molecule has 0 radical (unpaired) electrons. The van der Waals surface area contributed by atoms with Crippen molar-refractivity contribution >= 4 is 23.3 Å². The Morgan fingerprint density at radius 3 is 2.72 bits per heavy atom. The Kier molecular flexibility index (Phi) is 6.92. The summed E-state index contributed by atoms with van der Waals surface area (Å²) in [7, 11) is 0. The molecule has 4 aromatic rings. The highest BCUT2D eigenvalue weighted by molar-refractivity contribution is 6.30. The summed E-state index contributed by atoms with van der Waals surface area (Å²) in [5.74, 6) is 1.61. The molecule has 0 unspecified atom stereocenters.